The minimum absolute atomic E-state index is 0.0694. The SMILES string of the molecule is CN(CC(=O)N1CCOCC1)c1ccc(S(=O)(=O)C(F)F)cc1. The van der Waals surface area contributed by atoms with Crippen molar-refractivity contribution in [1.82, 2.24) is 4.90 Å². The fraction of sp³-hybridized carbons (Fsp3) is 0.500. The zero-order valence-electron chi connectivity index (χ0n) is 12.6. The standard InChI is InChI=1S/C14H18F2N2O4S/c1-17(10-13(19)18-6-8-22-9-7-18)11-2-4-12(5-3-11)23(20,21)14(15)16/h2-5,14H,6-10H2,1H3. The van der Waals surface area contributed by atoms with E-state index in [2.05, 4.69) is 0 Å². The molecule has 1 aromatic rings. The van der Waals surface area contributed by atoms with Crippen LogP contribution >= 0.6 is 0 Å². The lowest BCUT2D eigenvalue weighted by Crippen LogP contribution is -2.45. The van der Waals surface area contributed by atoms with Gasteiger partial charge in [0.25, 0.3) is 0 Å². The van der Waals surface area contributed by atoms with E-state index < -0.39 is 20.5 Å². The highest BCUT2D eigenvalue weighted by molar-refractivity contribution is 7.91. The molecule has 0 bridgehead atoms. The highest BCUT2D eigenvalue weighted by Gasteiger charge is 2.26. The van der Waals surface area contributed by atoms with Crippen LogP contribution in [0.5, 0.6) is 0 Å². The highest BCUT2D eigenvalue weighted by Crippen LogP contribution is 2.21. The summed E-state index contributed by atoms with van der Waals surface area (Å²) in [7, 11) is -2.92. The van der Waals surface area contributed by atoms with Crippen molar-refractivity contribution in [3.05, 3.63) is 24.3 Å². The molecule has 0 radical (unpaired) electrons. The summed E-state index contributed by atoms with van der Waals surface area (Å²) < 4.78 is 52.9. The summed E-state index contributed by atoms with van der Waals surface area (Å²) in [4.78, 5) is 15.0. The van der Waals surface area contributed by atoms with Gasteiger partial charge in [0.1, 0.15) is 0 Å². The molecule has 1 aromatic carbocycles. The number of likely N-dealkylation sites (N-methyl/N-ethyl adjacent to an activating group) is 1. The topological polar surface area (TPSA) is 66.9 Å². The van der Waals surface area contributed by atoms with Gasteiger partial charge in [-0.05, 0) is 24.3 Å². The second-order valence-corrected chi connectivity index (χ2v) is 7.07. The maximum atomic E-state index is 12.5. The van der Waals surface area contributed by atoms with Crippen LogP contribution in [0.3, 0.4) is 0 Å². The summed E-state index contributed by atoms with van der Waals surface area (Å²) in [5.41, 5.74) is 0.569. The fourth-order valence-electron chi connectivity index (χ4n) is 2.20. The normalized spacial score (nSPS) is 15.7. The third kappa shape index (κ3) is 4.17. The van der Waals surface area contributed by atoms with Crippen LogP contribution < -0.4 is 4.90 Å². The number of hydrogen-bond donors (Lipinski definition) is 0. The molecule has 0 saturated carbocycles. The minimum atomic E-state index is -4.60. The molecule has 0 unspecified atom stereocenters. The lowest BCUT2D eigenvalue weighted by molar-refractivity contribution is -0.133. The van der Waals surface area contributed by atoms with Crippen molar-refractivity contribution in [2.75, 3.05) is 44.8 Å². The van der Waals surface area contributed by atoms with Gasteiger partial charge in [0.05, 0.1) is 24.7 Å². The lowest BCUT2D eigenvalue weighted by atomic mass is 10.3. The number of carbonyl (C=O) groups is 1. The molecule has 0 spiro atoms. The van der Waals surface area contributed by atoms with Crippen molar-refractivity contribution in [3.63, 3.8) is 0 Å². The molecule has 0 aromatic heterocycles. The van der Waals surface area contributed by atoms with Crippen molar-refractivity contribution in [2.45, 2.75) is 10.7 Å². The molecule has 1 aliphatic rings. The van der Waals surface area contributed by atoms with Crippen molar-refractivity contribution < 1.29 is 26.7 Å². The number of alkyl halides is 2. The number of halogens is 2. The Kier molecular flexibility index (Phi) is 5.53. The third-order valence-electron chi connectivity index (χ3n) is 3.58. The zero-order chi connectivity index (χ0) is 17.0. The Hall–Kier alpha value is -1.74. The first-order valence-corrected chi connectivity index (χ1v) is 8.56. The van der Waals surface area contributed by atoms with Crippen LogP contribution in [0.15, 0.2) is 29.2 Å². The van der Waals surface area contributed by atoms with Gasteiger partial charge in [-0.3, -0.25) is 4.79 Å². The molecule has 1 fully saturated rings. The maximum absolute atomic E-state index is 12.5. The van der Waals surface area contributed by atoms with E-state index in [0.29, 0.717) is 32.0 Å². The summed E-state index contributed by atoms with van der Waals surface area (Å²) in [6.07, 6.45) is 0. The van der Waals surface area contributed by atoms with Gasteiger partial charge in [0.15, 0.2) is 0 Å². The van der Waals surface area contributed by atoms with Crippen LogP contribution in [-0.4, -0.2) is 64.9 Å². The van der Waals surface area contributed by atoms with E-state index in [0.717, 1.165) is 12.1 Å². The quantitative estimate of drug-likeness (QED) is 0.794. The van der Waals surface area contributed by atoms with Crippen LogP contribution in [0, 0.1) is 0 Å². The van der Waals surface area contributed by atoms with E-state index >= 15 is 0 Å². The lowest BCUT2D eigenvalue weighted by Gasteiger charge is -2.29. The second-order valence-electron chi connectivity index (χ2n) is 5.15. The van der Waals surface area contributed by atoms with E-state index in [9.17, 15) is 22.0 Å². The van der Waals surface area contributed by atoms with Crippen molar-refractivity contribution in [1.29, 1.82) is 0 Å². The summed E-state index contributed by atoms with van der Waals surface area (Å²) >= 11 is 0. The van der Waals surface area contributed by atoms with Crippen LogP contribution in [0.1, 0.15) is 0 Å². The predicted octanol–water partition coefficient (Wildman–Crippen LogP) is 0.978. The fourth-order valence-corrected chi connectivity index (χ4v) is 2.92. The maximum Gasteiger partial charge on any atom is 0.341 e. The van der Waals surface area contributed by atoms with E-state index in [4.69, 9.17) is 4.74 Å². The molecule has 1 amide bonds. The minimum Gasteiger partial charge on any atom is -0.378 e. The molecule has 0 atom stereocenters. The number of carbonyl (C=O) groups excluding carboxylic acids is 1. The van der Waals surface area contributed by atoms with Crippen molar-refractivity contribution in [3.8, 4) is 0 Å². The number of hydrogen-bond acceptors (Lipinski definition) is 5. The molecule has 0 N–H and O–H groups in total. The Morgan fingerprint density at radius 2 is 1.83 bits per heavy atom. The monoisotopic (exact) mass is 348 g/mol. The molecule has 1 aliphatic heterocycles. The van der Waals surface area contributed by atoms with Gasteiger partial charge in [-0.25, -0.2) is 8.42 Å². The number of benzene rings is 1. The summed E-state index contributed by atoms with van der Waals surface area (Å²) in [5.74, 6) is -3.52. The van der Waals surface area contributed by atoms with Gasteiger partial charge in [-0.15, -0.1) is 0 Å². The Labute approximate surface area is 133 Å². The van der Waals surface area contributed by atoms with Gasteiger partial charge in [0.2, 0.25) is 15.7 Å². The van der Waals surface area contributed by atoms with E-state index in [1.807, 2.05) is 0 Å². The number of amides is 1. The van der Waals surface area contributed by atoms with Gasteiger partial charge in [-0.1, -0.05) is 0 Å². The number of sulfone groups is 1. The van der Waals surface area contributed by atoms with Gasteiger partial charge in [-0.2, -0.15) is 8.78 Å². The third-order valence-corrected chi connectivity index (χ3v) is 4.98. The van der Waals surface area contributed by atoms with Crippen LogP contribution in [0.25, 0.3) is 0 Å². The average molecular weight is 348 g/mol. The molecule has 1 saturated heterocycles. The Morgan fingerprint density at radius 1 is 1.26 bits per heavy atom. The molecule has 2 rings (SSSR count). The smallest absolute Gasteiger partial charge is 0.341 e. The first-order valence-electron chi connectivity index (χ1n) is 7.01. The largest absolute Gasteiger partial charge is 0.378 e. The molecule has 0 aliphatic carbocycles. The summed E-state index contributed by atoms with van der Waals surface area (Å²) in [5, 5.41) is 0. The number of rotatable bonds is 5. The molecule has 9 heteroatoms. The summed E-state index contributed by atoms with van der Waals surface area (Å²) in [6.45, 7) is 2.21. The van der Waals surface area contributed by atoms with Crippen molar-refractivity contribution in [2.24, 2.45) is 0 Å². The van der Waals surface area contributed by atoms with Gasteiger partial charge >= 0.3 is 5.76 Å². The second kappa shape index (κ2) is 7.22. The van der Waals surface area contributed by atoms with Crippen molar-refractivity contribution >= 4 is 21.4 Å². The molecular formula is C14H18F2N2O4S. The van der Waals surface area contributed by atoms with Gasteiger partial charge in [0, 0.05) is 25.8 Å². The Balaban J connectivity index is 2.02. The molecule has 128 valence electrons. The molecule has 1 heterocycles. The summed E-state index contributed by atoms with van der Waals surface area (Å²) in [6, 6.07) is 5.04. The van der Waals surface area contributed by atoms with E-state index in [1.54, 1.807) is 16.8 Å². The Morgan fingerprint density at radius 3 is 2.35 bits per heavy atom. The number of nitrogens with zero attached hydrogens (tertiary/aromatic N) is 2. The van der Waals surface area contributed by atoms with Crippen LogP contribution in [0.2, 0.25) is 0 Å². The highest BCUT2D eigenvalue weighted by atomic mass is 32.2. The number of morpholine rings is 1. The molecule has 23 heavy (non-hydrogen) atoms. The van der Waals surface area contributed by atoms with Crippen LogP contribution in [0.4, 0.5) is 14.5 Å². The number of anilines is 1. The molecule has 6 nitrogen and oxygen atoms in total. The zero-order valence-corrected chi connectivity index (χ0v) is 13.4. The number of ether oxygens (including phenoxy) is 1. The first-order chi connectivity index (χ1) is 10.8. The Bertz CT molecular complexity index is 643. The van der Waals surface area contributed by atoms with E-state index in [1.165, 1.54) is 12.1 Å². The average Bonchev–Trinajstić information content (AvgIpc) is 2.55. The van der Waals surface area contributed by atoms with Gasteiger partial charge < -0.3 is 14.5 Å². The predicted molar refractivity (Wildman–Crippen MR) is 80.3 cm³/mol. The van der Waals surface area contributed by atoms with Crippen LogP contribution in [-0.2, 0) is 19.4 Å². The van der Waals surface area contributed by atoms with E-state index in [-0.39, 0.29) is 12.5 Å². The first kappa shape index (κ1) is 17.6. The molecular weight excluding hydrogens is 330 g/mol.